The Labute approximate surface area is 72.7 Å². The molecule has 74 valence electrons. The van der Waals surface area contributed by atoms with Gasteiger partial charge in [0.1, 0.15) is 6.23 Å². The second kappa shape index (κ2) is 6.33. The van der Waals surface area contributed by atoms with Gasteiger partial charge in [-0.05, 0) is 6.42 Å². The van der Waals surface area contributed by atoms with E-state index < -0.39 is 18.4 Å². The van der Waals surface area contributed by atoms with E-state index in [9.17, 15) is 5.11 Å². The van der Waals surface area contributed by atoms with Crippen molar-refractivity contribution >= 4 is 0 Å². The van der Waals surface area contributed by atoms with Crippen LogP contribution in [-0.2, 0) is 0 Å². The second-order valence-corrected chi connectivity index (χ2v) is 2.84. The van der Waals surface area contributed by atoms with E-state index in [1.54, 1.807) is 0 Å². The maximum atomic E-state index is 9.27. The van der Waals surface area contributed by atoms with Gasteiger partial charge in [0.25, 0.3) is 0 Å². The van der Waals surface area contributed by atoms with Crippen LogP contribution in [0.5, 0.6) is 0 Å². The van der Waals surface area contributed by atoms with Gasteiger partial charge in [0.05, 0.1) is 18.8 Å². The maximum absolute atomic E-state index is 9.27. The van der Waals surface area contributed by atoms with Crippen LogP contribution in [0.25, 0.3) is 0 Å². The van der Waals surface area contributed by atoms with Crippen LogP contribution in [0.2, 0.25) is 0 Å². The average molecular weight is 177 g/mol. The van der Waals surface area contributed by atoms with E-state index >= 15 is 0 Å². The fraction of sp³-hybridized carbons (Fsp3) is 1.00. The molecule has 0 rings (SSSR count). The van der Waals surface area contributed by atoms with E-state index in [4.69, 9.17) is 16.6 Å². The molecule has 12 heavy (non-hydrogen) atoms. The van der Waals surface area contributed by atoms with Crippen molar-refractivity contribution in [1.82, 2.24) is 5.32 Å². The molecular formula is C7H19N3O2. The number of nitrogens with one attached hydrogen (secondary N) is 1. The Kier molecular flexibility index (Phi) is 6.23. The third-order valence-electron chi connectivity index (χ3n) is 1.63. The molecule has 0 aromatic rings. The zero-order valence-electron chi connectivity index (χ0n) is 7.40. The second-order valence-electron chi connectivity index (χ2n) is 2.84. The van der Waals surface area contributed by atoms with Crippen LogP contribution in [-0.4, -0.2) is 35.3 Å². The molecule has 0 aromatic carbocycles. The Balaban J connectivity index is 3.69. The molecule has 5 nitrogen and oxygen atoms in total. The largest absolute Gasteiger partial charge is 0.395 e. The lowest BCUT2D eigenvalue weighted by Crippen LogP contribution is -2.55. The Hall–Kier alpha value is -0.200. The summed E-state index contributed by atoms with van der Waals surface area (Å²) < 4.78 is 0. The Morgan fingerprint density at radius 3 is 2.33 bits per heavy atom. The molecule has 0 aromatic heterocycles. The minimum atomic E-state index is -0.651. The summed E-state index contributed by atoms with van der Waals surface area (Å²) in [5.74, 6) is 0. The van der Waals surface area contributed by atoms with Gasteiger partial charge in [0, 0.05) is 0 Å². The molecular weight excluding hydrogens is 158 g/mol. The first kappa shape index (κ1) is 11.8. The predicted octanol–water partition coefficient (Wildman–Crippen LogP) is -1.70. The van der Waals surface area contributed by atoms with Crippen LogP contribution < -0.4 is 16.8 Å². The molecule has 5 heteroatoms. The summed E-state index contributed by atoms with van der Waals surface area (Å²) >= 11 is 0. The zero-order valence-corrected chi connectivity index (χ0v) is 7.40. The van der Waals surface area contributed by atoms with E-state index in [-0.39, 0.29) is 6.61 Å². The van der Waals surface area contributed by atoms with E-state index in [2.05, 4.69) is 5.32 Å². The number of aliphatic hydroxyl groups is 2. The van der Waals surface area contributed by atoms with E-state index in [1.165, 1.54) is 0 Å². The monoisotopic (exact) mass is 177 g/mol. The van der Waals surface area contributed by atoms with Crippen molar-refractivity contribution in [1.29, 1.82) is 0 Å². The molecule has 2 atom stereocenters. The first-order chi connectivity index (χ1) is 5.61. The van der Waals surface area contributed by atoms with E-state index in [1.807, 2.05) is 6.92 Å². The highest BCUT2D eigenvalue weighted by Crippen LogP contribution is 1.94. The summed E-state index contributed by atoms with van der Waals surface area (Å²) in [5.41, 5.74) is 10.7. The van der Waals surface area contributed by atoms with Crippen LogP contribution in [0.3, 0.4) is 0 Å². The smallest absolute Gasteiger partial charge is 0.105 e. The van der Waals surface area contributed by atoms with Crippen LogP contribution in [0.15, 0.2) is 0 Å². The third kappa shape index (κ3) is 4.63. The fourth-order valence-corrected chi connectivity index (χ4v) is 0.889. The molecule has 0 fully saturated rings. The predicted molar refractivity (Wildman–Crippen MR) is 47.1 cm³/mol. The Bertz CT molecular complexity index is 111. The van der Waals surface area contributed by atoms with Crippen LogP contribution >= 0.6 is 0 Å². The molecule has 0 radical (unpaired) electrons. The van der Waals surface area contributed by atoms with Gasteiger partial charge < -0.3 is 21.7 Å². The lowest BCUT2D eigenvalue weighted by Gasteiger charge is -2.23. The first-order valence-electron chi connectivity index (χ1n) is 4.18. The van der Waals surface area contributed by atoms with Gasteiger partial charge in [-0.15, -0.1) is 0 Å². The van der Waals surface area contributed by atoms with Gasteiger partial charge >= 0.3 is 0 Å². The summed E-state index contributed by atoms with van der Waals surface area (Å²) in [4.78, 5) is 0. The van der Waals surface area contributed by atoms with Crippen molar-refractivity contribution in [3.05, 3.63) is 0 Å². The van der Waals surface area contributed by atoms with Crippen molar-refractivity contribution in [2.24, 2.45) is 11.5 Å². The SMILES string of the molecule is CCCC(O)NC(CO)C(N)N. The molecule has 0 aliphatic heterocycles. The minimum Gasteiger partial charge on any atom is -0.395 e. The van der Waals surface area contributed by atoms with Crippen LogP contribution in [0, 0.1) is 0 Å². The first-order valence-corrected chi connectivity index (χ1v) is 4.18. The molecule has 0 heterocycles. The number of hydrogen-bond acceptors (Lipinski definition) is 5. The van der Waals surface area contributed by atoms with Gasteiger partial charge in [0.2, 0.25) is 0 Å². The van der Waals surface area contributed by atoms with Crippen LogP contribution in [0.4, 0.5) is 0 Å². The molecule has 0 saturated carbocycles. The van der Waals surface area contributed by atoms with Crippen molar-refractivity contribution in [3.8, 4) is 0 Å². The fourth-order valence-electron chi connectivity index (χ4n) is 0.889. The van der Waals surface area contributed by atoms with Crippen molar-refractivity contribution in [2.75, 3.05) is 6.61 Å². The van der Waals surface area contributed by atoms with Crippen molar-refractivity contribution in [2.45, 2.75) is 38.2 Å². The lowest BCUT2D eigenvalue weighted by molar-refractivity contribution is 0.0890. The van der Waals surface area contributed by atoms with E-state index in [0.717, 1.165) is 6.42 Å². The van der Waals surface area contributed by atoms with Gasteiger partial charge in [-0.3, -0.25) is 5.32 Å². The Morgan fingerprint density at radius 1 is 1.42 bits per heavy atom. The molecule has 0 saturated heterocycles. The summed E-state index contributed by atoms with van der Waals surface area (Å²) in [6.45, 7) is 1.79. The van der Waals surface area contributed by atoms with Crippen LogP contribution in [0.1, 0.15) is 19.8 Å². The standard InChI is InChI=1S/C7H19N3O2/c1-2-3-6(12)10-5(4-11)7(8)9/h5-7,10-12H,2-4,8-9H2,1H3. The number of nitrogens with two attached hydrogens (primary N) is 2. The summed E-state index contributed by atoms with van der Waals surface area (Å²) in [7, 11) is 0. The summed E-state index contributed by atoms with van der Waals surface area (Å²) in [6, 6.07) is -0.438. The summed E-state index contributed by atoms with van der Waals surface area (Å²) in [6.07, 6.45) is 0.207. The highest BCUT2D eigenvalue weighted by molar-refractivity contribution is 4.74. The van der Waals surface area contributed by atoms with Gasteiger partial charge in [-0.1, -0.05) is 13.3 Å². The van der Waals surface area contributed by atoms with Crippen molar-refractivity contribution < 1.29 is 10.2 Å². The molecule has 0 aliphatic carbocycles. The topological polar surface area (TPSA) is 105 Å². The minimum absolute atomic E-state index is 0.168. The zero-order chi connectivity index (χ0) is 9.56. The number of rotatable bonds is 6. The lowest BCUT2D eigenvalue weighted by atomic mass is 10.2. The average Bonchev–Trinajstić information content (AvgIpc) is 2.00. The van der Waals surface area contributed by atoms with Crippen molar-refractivity contribution in [3.63, 3.8) is 0 Å². The molecule has 7 N–H and O–H groups in total. The van der Waals surface area contributed by atoms with Gasteiger partial charge in [0.15, 0.2) is 0 Å². The number of hydrogen-bond donors (Lipinski definition) is 5. The third-order valence-corrected chi connectivity index (χ3v) is 1.63. The molecule has 2 unspecified atom stereocenters. The molecule has 0 bridgehead atoms. The highest BCUT2D eigenvalue weighted by Gasteiger charge is 2.15. The Morgan fingerprint density at radius 2 is 2.00 bits per heavy atom. The normalized spacial score (nSPS) is 16.5. The van der Waals surface area contributed by atoms with E-state index in [0.29, 0.717) is 6.42 Å². The van der Waals surface area contributed by atoms with Gasteiger partial charge in [-0.25, -0.2) is 0 Å². The molecule has 0 amide bonds. The molecule has 0 spiro atoms. The number of aliphatic hydroxyl groups excluding tert-OH is 2. The highest BCUT2D eigenvalue weighted by atomic mass is 16.3. The maximum Gasteiger partial charge on any atom is 0.105 e. The van der Waals surface area contributed by atoms with Gasteiger partial charge in [-0.2, -0.15) is 0 Å². The summed E-state index contributed by atoms with van der Waals surface area (Å²) in [5, 5.41) is 20.8. The quantitative estimate of drug-likeness (QED) is 0.311. The molecule has 0 aliphatic rings.